The van der Waals surface area contributed by atoms with Crippen molar-refractivity contribution >= 4 is 17.4 Å². The average Bonchev–Trinajstić information content (AvgIpc) is 2.76. The first-order chi connectivity index (χ1) is 15.0. The molecule has 162 valence electrons. The number of benzene rings is 2. The molecular weight excluding hydrogens is 402 g/mol. The fourth-order valence-corrected chi connectivity index (χ4v) is 4.84. The lowest BCUT2D eigenvalue weighted by molar-refractivity contribution is -0.122. The molecule has 6 nitrogen and oxygen atoms in total. The molecule has 2 aromatic carbocycles. The van der Waals surface area contributed by atoms with Gasteiger partial charge in [0, 0.05) is 0 Å². The highest BCUT2D eigenvalue weighted by molar-refractivity contribution is 6.09. The van der Waals surface area contributed by atoms with E-state index in [0.29, 0.717) is 22.8 Å². The molecule has 0 radical (unpaired) electrons. The predicted octanol–water partition coefficient (Wildman–Crippen LogP) is 3.38. The van der Waals surface area contributed by atoms with Crippen molar-refractivity contribution in [2.24, 2.45) is 11.0 Å². The Morgan fingerprint density at radius 1 is 1.19 bits per heavy atom. The summed E-state index contributed by atoms with van der Waals surface area (Å²) in [6.07, 6.45) is 0.848. The smallest absolute Gasteiger partial charge is 0.262 e. The fourth-order valence-electron chi connectivity index (χ4n) is 4.84. The summed E-state index contributed by atoms with van der Waals surface area (Å²) in [7, 11) is 0. The van der Waals surface area contributed by atoms with Gasteiger partial charge in [-0.25, -0.2) is 14.2 Å². The number of anilines is 1. The van der Waals surface area contributed by atoms with Gasteiger partial charge in [0.2, 0.25) is 0 Å². The lowest BCUT2D eigenvalue weighted by atomic mass is 9.78. The Kier molecular flexibility index (Phi) is 4.89. The summed E-state index contributed by atoms with van der Waals surface area (Å²) in [5.74, 6) is 0.0601. The molecule has 8 heteroatoms. The molecule has 3 atom stereocenters. The average molecular weight is 426 g/mol. The number of carbonyl (C=O) groups excluding carboxylic acids is 1. The molecule has 0 aromatic heterocycles. The Balaban J connectivity index is 1.74. The van der Waals surface area contributed by atoms with Gasteiger partial charge in [-0.05, 0) is 73.7 Å². The molecule has 0 aliphatic carbocycles. The molecule has 1 amide bonds. The van der Waals surface area contributed by atoms with Gasteiger partial charge < -0.3 is 15.0 Å². The number of piperidine rings is 1. The largest absolute Gasteiger partial charge is 0.483 e. The number of fused-ring (bicyclic) bond motifs is 3. The van der Waals surface area contributed by atoms with Crippen molar-refractivity contribution in [2.75, 3.05) is 24.6 Å². The second-order valence-corrected chi connectivity index (χ2v) is 8.42. The van der Waals surface area contributed by atoms with Gasteiger partial charge in [0.05, 0.1) is 11.3 Å². The molecule has 31 heavy (non-hydrogen) atoms. The second kappa shape index (κ2) is 7.60. The SMILES string of the molecule is CC1CNCCC1c1cc2c(cc1-c1c(F)cccc1F)OCC1=NNC(=O)C(C)N12. The predicted molar refractivity (Wildman–Crippen MR) is 114 cm³/mol. The molecule has 3 aliphatic heterocycles. The Morgan fingerprint density at radius 3 is 2.71 bits per heavy atom. The van der Waals surface area contributed by atoms with Crippen LogP contribution in [0.15, 0.2) is 35.4 Å². The minimum atomic E-state index is -0.605. The van der Waals surface area contributed by atoms with Gasteiger partial charge in [0.15, 0.2) is 5.84 Å². The van der Waals surface area contributed by atoms with Gasteiger partial charge in [-0.15, -0.1) is 0 Å². The van der Waals surface area contributed by atoms with Crippen molar-refractivity contribution in [3.63, 3.8) is 0 Å². The Labute approximate surface area is 179 Å². The van der Waals surface area contributed by atoms with E-state index in [9.17, 15) is 13.6 Å². The summed E-state index contributed by atoms with van der Waals surface area (Å²) < 4.78 is 35.5. The first-order valence-corrected chi connectivity index (χ1v) is 10.6. The lowest BCUT2D eigenvalue weighted by Gasteiger charge is -2.39. The molecule has 1 saturated heterocycles. The van der Waals surface area contributed by atoms with Crippen LogP contribution in [0.2, 0.25) is 0 Å². The number of hydrazone groups is 1. The van der Waals surface area contributed by atoms with Crippen molar-refractivity contribution in [1.29, 1.82) is 0 Å². The number of ether oxygens (including phenoxy) is 1. The Bertz CT molecular complexity index is 1070. The van der Waals surface area contributed by atoms with Crippen LogP contribution in [0.1, 0.15) is 31.7 Å². The Hall–Kier alpha value is -3.00. The maximum Gasteiger partial charge on any atom is 0.262 e. The molecule has 0 bridgehead atoms. The molecule has 1 fully saturated rings. The quantitative estimate of drug-likeness (QED) is 0.773. The van der Waals surface area contributed by atoms with E-state index in [4.69, 9.17) is 4.74 Å². The zero-order valence-electron chi connectivity index (χ0n) is 17.4. The molecular formula is C23H24F2N4O2. The van der Waals surface area contributed by atoms with E-state index in [1.807, 2.05) is 11.0 Å². The van der Waals surface area contributed by atoms with Gasteiger partial charge in [0.25, 0.3) is 5.91 Å². The molecule has 2 N–H and O–H groups in total. The minimum absolute atomic E-state index is 0.0430. The zero-order chi connectivity index (χ0) is 21.7. The molecule has 3 aliphatic rings. The van der Waals surface area contributed by atoms with Crippen molar-refractivity contribution < 1.29 is 18.3 Å². The minimum Gasteiger partial charge on any atom is -0.483 e. The monoisotopic (exact) mass is 426 g/mol. The summed E-state index contributed by atoms with van der Waals surface area (Å²) in [4.78, 5) is 14.1. The first kappa shape index (κ1) is 19.9. The number of rotatable bonds is 2. The number of carbonyl (C=O) groups is 1. The van der Waals surface area contributed by atoms with Crippen LogP contribution in [0.4, 0.5) is 14.5 Å². The van der Waals surface area contributed by atoms with Crippen LogP contribution in [0.5, 0.6) is 5.75 Å². The van der Waals surface area contributed by atoms with Crippen molar-refractivity contribution in [2.45, 2.75) is 32.2 Å². The van der Waals surface area contributed by atoms with Gasteiger partial charge in [-0.2, -0.15) is 5.10 Å². The van der Waals surface area contributed by atoms with Crippen molar-refractivity contribution in [3.8, 4) is 16.9 Å². The first-order valence-electron chi connectivity index (χ1n) is 10.6. The highest BCUT2D eigenvalue weighted by Crippen LogP contribution is 2.46. The van der Waals surface area contributed by atoms with Crippen LogP contribution in [0, 0.1) is 17.6 Å². The molecule has 5 rings (SSSR count). The third-order valence-electron chi connectivity index (χ3n) is 6.50. The number of amides is 1. The van der Waals surface area contributed by atoms with E-state index in [1.165, 1.54) is 18.2 Å². The zero-order valence-corrected chi connectivity index (χ0v) is 17.4. The van der Waals surface area contributed by atoms with Crippen LogP contribution < -0.4 is 20.4 Å². The lowest BCUT2D eigenvalue weighted by Crippen LogP contribution is -2.55. The van der Waals surface area contributed by atoms with Gasteiger partial charge in [-0.1, -0.05) is 13.0 Å². The number of nitrogens with one attached hydrogen (secondary N) is 2. The van der Waals surface area contributed by atoms with E-state index < -0.39 is 17.7 Å². The summed E-state index contributed by atoms with van der Waals surface area (Å²) in [5, 5.41) is 7.52. The van der Waals surface area contributed by atoms with E-state index >= 15 is 0 Å². The standard InChI is InChI=1S/C23H24F2N4O2/c1-12-10-26-7-6-14(12)15-8-19-20(9-16(15)22-17(24)4-3-5-18(22)25)31-11-21-27-28-23(30)13(2)29(19)21/h3-5,8-9,12-14,26H,6-7,10-11H2,1-2H3,(H,28,30). The number of nitrogens with zero attached hydrogens (tertiary/aromatic N) is 2. The summed E-state index contributed by atoms with van der Waals surface area (Å²) in [6.45, 7) is 5.76. The van der Waals surface area contributed by atoms with Crippen LogP contribution in [0.25, 0.3) is 11.1 Å². The van der Waals surface area contributed by atoms with Crippen molar-refractivity contribution in [1.82, 2.24) is 10.7 Å². The number of halogens is 2. The van der Waals surface area contributed by atoms with Crippen LogP contribution in [-0.2, 0) is 4.79 Å². The summed E-state index contributed by atoms with van der Waals surface area (Å²) >= 11 is 0. The third kappa shape index (κ3) is 3.26. The normalized spacial score (nSPS) is 25.2. The van der Waals surface area contributed by atoms with Crippen molar-refractivity contribution in [3.05, 3.63) is 47.5 Å². The fraction of sp³-hybridized carbons (Fsp3) is 0.391. The highest BCUT2D eigenvalue weighted by atomic mass is 19.1. The number of amidine groups is 1. The van der Waals surface area contributed by atoms with Gasteiger partial charge in [-0.3, -0.25) is 4.79 Å². The number of hydrogen-bond donors (Lipinski definition) is 2. The summed E-state index contributed by atoms with van der Waals surface area (Å²) in [6, 6.07) is 7.10. The third-order valence-corrected chi connectivity index (χ3v) is 6.50. The molecule has 3 unspecified atom stereocenters. The molecule has 2 aromatic rings. The maximum atomic E-state index is 14.8. The maximum absolute atomic E-state index is 14.8. The van der Waals surface area contributed by atoms with Crippen LogP contribution in [0.3, 0.4) is 0 Å². The number of hydrogen-bond acceptors (Lipinski definition) is 5. The topological polar surface area (TPSA) is 66.0 Å². The molecule has 3 heterocycles. The van der Waals surface area contributed by atoms with Crippen LogP contribution in [-0.4, -0.2) is 37.5 Å². The van der Waals surface area contributed by atoms with Gasteiger partial charge >= 0.3 is 0 Å². The highest BCUT2D eigenvalue weighted by Gasteiger charge is 2.37. The molecule has 0 saturated carbocycles. The summed E-state index contributed by atoms with van der Waals surface area (Å²) in [5.41, 5.74) is 4.54. The van der Waals surface area contributed by atoms with E-state index in [2.05, 4.69) is 22.8 Å². The van der Waals surface area contributed by atoms with Gasteiger partial charge in [0.1, 0.15) is 30.0 Å². The Morgan fingerprint density at radius 2 is 1.97 bits per heavy atom. The molecule has 0 spiro atoms. The van der Waals surface area contributed by atoms with E-state index in [1.54, 1.807) is 13.0 Å². The second-order valence-electron chi connectivity index (χ2n) is 8.42. The van der Waals surface area contributed by atoms with Crippen LogP contribution >= 0.6 is 0 Å². The van der Waals surface area contributed by atoms with E-state index in [0.717, 1.165) is 25.1 Å². The van der Waals surface area contributed by atoms with E-state index in [-0.39, 0.29) is 29.9 Å².